The van der Waals surface area contributed by atoms with Gasteiger partial charge < -0.3 is 19.7 Å². The lowest BCUT2D eigenvalue weighted by molar-refractivity contribution is -0.397. The molecule has 1 saturated heterocycles. The summed E-state index contributed by atoms with van der Waals surface area (Å²) in [6.07, 6.45) is 0.500. The van der Waals surface area contributed by atoms with E-state index >= 15 is 0 Å². The number of aliphatic hydroxyl groups is 2. The Balaban J connectivity index is 2.22. The summed E-state index contributed by atoms with van der Waals surface area (Å²) in [4.78, 5) is 0. The van der Waals surface area contributed by atoms with E-state index in [0.717, 1.165) is 6.42 Å². The average Bonchev–Trinajstić information content (AvgIpc) is 2.64. The SMILES string of the molecule is CC1CC2(C)C(C)(C)C[C@@H]3OC(C)(C)O[C@](C)(C(O)O)C3C(C)C2(C)C1C. The van der Waals surface area contributed by atoms with Crippen molar-refractivity contribution < 1.29 is 19.7 Å². The van der Waals surface area contributed by atoms with E-state index in [4.69, 9.17) is 9.47 Å². The van der Waals surface area contributed by atoms with Crippen molar-refractivity contribution in [3.05, 3.63) is 0 Å². The lowest BCUT2D eigenvalue weighted by Crippen LogP contribution is -2.65. The van der Waals surface area contributed by atoms with Gasteiger partial charge in [0.1, 0.15) is 5.60 Å². The molecule has 4 nitrogen and oxygen atoms in total. The second-order valence-corrected chi connectivity index (χ2v) is 11.7. The zero-order chi connectivity index (χ0) is 20.8. The van der Waals surface area contributed by atoms with Crippen LogP contribution in [0.5, 0.6) is 0 Å². The largest absolute Gasteiger partial charge is 0.366 e. The first-order chi connectivity index (χ1) is 12.0. The molecule has 2 saturated carbocycles. The Morgan fingerprint density at radius 1 is 0.852 bits per heavy atom. The first kappa shape index (κ1) is 21.5. The molecule has 0 amide bonds. The van der Waals surface area contributed by atoms with Crippen molar-refractivity contribution in [2.75, 3.05) is 0 Å². The van der Waals surface area contributed by atoms with Crippen molar-refractivity contribution in [1.82, 2.24) is 0 Å². The fourth-order valence-corrected chi connectivity index (χ4v) is 7.80. The molecule has 6 unspecified atom stereocenters. The Hall–Kier alpha value is -0.160. The zero-order valence-electron chi connectivity index (χ0n) is 19.1. The third-order valence-corrected chi connectivity index (χ3v) is 9.88. The molecule has 8 atom stereocenters. The molecule has 158 valence electrons. The van der Waals surface area contributed by atoms with Gasteiger partial charge in [0.15, 0.2) is 12.1 Å². The number of rotatable bonds is 1. The minimum atomic E-state index is -1.54. The van der Waals surface area contributed by atoms with Crippen LogP contribution < -0.4 is 0 Å². The third kappa shape index (κ3) is 2.62. The second-order valence-electron chi connectivity index (χ2n) is 11.7. The molecule has 0 aromatic carbocycles. The van der Waals surface area contributed by atoms with Crippen LogP contribution in [0.2, 0.25) is 0 Å². The maximum absolute atomic E-state index is 10.4. The molecule has 0 bridgehead atoms. The van der Waals surface area contributed by atoms with Crippen LogP contribution in [-0.4, -0.2) is 34.0 Å². The topological polar surface area (TPSA) is 58.9 Å². The van der Waals surface area contributed by atoms with Gasteiger partial charge in [0.05, 0.1) is 6.10 Å². The second kappa shape index (κ2) is 5.93. The fourth-order valence-electron chi connectivity index (χ4n) is 7.80. The van der Waals surface area contributed by atoms with Gasteiger partial charge in [-0.25, -0.2) is 0 Å². The van der Waals surface area contributed by atoms with Crippen LogP contribution in [0, 0.1) is 39.9 Å². The minimum Gasteiger partial charge on any atom is -0.366 e. The van der Waals surface area contributed by atoms with Crippen molar-refractivity contribution in [3.8, 4) is 0 Å². The van der Waals surface area contributed by atoms with Crippen LogP contribution in [0.4, 0.5) is 0 Å². The molecule has 3 rings (SSSR count). The molecular formula is C23H42O4. The quantitative estimate of drug-likeness (QED) is 0.652. The summed E-state index contributed by atoms with van der Waals surface area (Å²) >= 11 is 0. The van der Waals surface area contributed by atoms with Crippen molar-refractivity contribution in [1.29, 1.82) is 0 Å². The molecule has 0 spiro atoms. The number of ether oxygens (including phenoxy) is 2. The molecule has 2 N–H and O–H groups in total. The Labute approximate surface area is 166 Å². The summed E-state index contributed by atoms with van der Waals surface area (Å²) in [6, 6.07) is 0. The van der Waals surface area contributed by atoms with E-state index < -0.39 is 17.7 Å². The Morgan fingerprint density at radius 2 is 1.41 bits per heavy atom. The maximum Gasteiger partial charge on any atom is 0.181 e. The van der Waals surface area contributed by atoms with Gasteiger partial charge >= 0.3 is 0 Å². The fraction of sp³-hybridized carbons (Fsp3) is 1.00. The first-order valence-corrected chi connectivity index (χ1v) is 10.8. The van der Waals surface area contributed by atoms with E-state index in [-0.39, 0.29) is 34.2 Å². The summed E-state index contributed by atoms with van der Waals surface area (Å²) < 4.78 is 12.7. The summed E-state index contributed by atoms with van der Waals surface area (Å²) in [5.41, 5.74) is -0.783. The van der Waals surface area contributed by atoms with Crippen LogP contribution in [0.15, 0.2) is 0 Å². The highest BCUT2D eigenvalue weighted by atomic mass is 16.7. The predicted molar refractivity (Wildman–Crippen MR) is 107 cm³/mol. The normalized spacial score (nSPS) is 54.3. The summed E-state index contributed by atoms with van der Waals surface area (Å²) in [6.45, 7) is 22.4. The molecule has 2 aliphatic carbocycles. The van der Waals surface area contributed by atoms with Gasteiger partial charge in [-0.1, -0.05) is 48.5 Å². The number of hydrogen-bond acceptors (Lipinski definition) is 4. The standard InChI is InChI=1S/C23H42O4/c1-13-11-21(8)19(4,5)12-16-17(15(3)22(21,9)14(13)2)23(10,18(24)25)27-20(6,7)26-16/h13-18,24-25H,11-12H2,1-10H3/t13?,14?,15?,16-,17?,21?,22?,23-/m0/s1. The van der Waals surface area contributed by atoms with E-state index in [1.54, 1.807) is 0 Å². The average molecular weight is 383 g/mol. The van der Waals surface area contributed by atoms with Crippen LogP contribution in [0.3, 0.4) is 0 Å². The van der Waals surface area contributed by atoms with Gasteiger partial charge in [0, 0.05) is 5.92 Å². The number of hydrogen-bond donors (Lipinski definition) is 2. The molecule has 1 heterocycles. The molecule has 1 aliphatic heterocycles. The van der Waals surface area contributed by atoms with Crippen LogP contribution in [-0.2, 0) is 9.47 Å². The Morgan fingerprint density at radius 3 is 1.93 bits per heavy atom. The van der Waals surface area contributed by atoms with Crippen molar-refractivity contribution in [3.63, 3.8) is 0 Å². The van der Waals surface area contributed by atoms with Crippen molar-refractivity contribution in [2.24, 2.45) is 39.9 Å². The first-order valence-electron chi connectivity index (χ1n) is 10.8. The van der Waals surface area contributed by atoms with Gasteiger partial charge in [-0.2, -0.15) is 0 Å². The number of aliphatic hydroxyl groups excluding tert-OH is 1. The Bertz CT molecular complexity index is 599. The maximum atomic E-state index is 10.4. The lowest BCUT2D eigenvalue weighted by Gasteiger charge is -2.58. The highest BCUT2D eigenvalue weighted by molar-refractivity contribution is 5.17. The summed E-state index contributed by atoms with van der Waals surface area (Å²) in [5.74, 6) is 0.507. The van der Waals surface area contributed by atoms with Crippen LogP contribution >= 0.6 is 0 Å². The van der Waals surface area contributed by atoms with Gasteiger partial charge in [0.25, 0.3) is 0 Å². The predicted octanol–water partition coefficient (Wildman–Crippen LogP) is 4.58. The van der Waals surface area contributed by atoms with E-state index in [9.17, 15) is 10.2 Å². The third-order valence-electron chi connectivity index (χ3n) is 9.88. The van der Waals surface area contributed by atoms with Crippen molar-refractivity contribution >= 4 is 0 Å². The van der Waals surface area contributed by atoms with E-state index in [0.29, 0.717) is 11.8 Å². The molecule has 0 aromatic rings. The van der Waals surface area contributed by atoms with E-state index in [2.05, 4.69) is 48.5 Å². The highest BCUT2D eigenvalue weighted by Crippen LogP contribution is 2.73. The van der Waals surface area contributed by atoms with Gasteiger partial charge in [-0.3, -0.25) is 0 Å². The Kier molecular flexibility index (Phi) is 4.73. The molecule has 4 heteroatoms. The van der Waals surface area contributed by atoms with Gasteiger partial charge in [-0.05, 0) is 67.6 Å². The van der Waals surface area contributed by atoms with E-state index in [1.807, 2.05) is 20.8 Å². The summed E-state index contributed by atoms with van der Waals surface area (Å²) in [5, 5.41) is 20.9. The number of fused-ring (bicyclic) bond motifs is 2. The minimum absolute atomic E-state index is 0.0552. The smallest absolute Gasteiger partial charge is 0.181 e. The van der Waals surface area contributed by atoms with Crippen LogP contribution in [0.1, 0.15) is 82.1 Å². The summed E-state index contributed by atoms with van der Waals surface area (Å²) in [7, 11) is 0. The molecule has 27 heavy (non-hydrogen) atoms. The molecule has 0 aromatic heterocycles. The molecule has 3 fully saturated rings. The van der Waals surface area contributed by atoms with Gasteiger partial charge in [-0.15, -0.1) is 0 Å². The van der Waals surface area contributed by atoms with Gasteiger partial charge in [0.2, 0.25) is 0 Å². The zero-order valence-corrected chi connectivity index (χ0v) is 19.1. The van der Waals surface area contributed by atoms with Crippen LogP contribution in [0.25, 0.3) is 0 Å². The van der Waals surface area contributed by atoms with Crippen molar-refractivity contribution in [2.45, 2.75) is 106 Å². The monoisotopic (exact) mass is 382 g/mol. The molecular weight excluding hydrogens is 340 g/mol. The highest BCUT2D eigenvalue weighted by Gasteiger charge is 2.70. The lowest BCUT2D eigenvalue weighted by atomic mass is 9.49. The van der Waals surface area contributed by atoms with E-state index in [1.165, 1.54) is 6.42 Å². The molecule has 0 radical (unpaired) electrons. The molecule has 3 aliphatic rings.